The molecule has 4 rings (SSSR count). The molecule has 146 valence electrons. The fourth-order valence-electron chi connectivity index (χ4n) is 4.85. The monoisotopic (exact) mass is 386 g/mol. The molecule has 1 aliphatic heterocycles. The molecule has 1 saturated carbocycles. The SMILES string of the molecule is CCn1c(-c2ccc(OC)cc2)nn(CN2CCC[C@H]3CCCC[C@@H]32)c1=S. The molecule has 2 fully saturated rings. The lowest BCUT2D eigenvalue weighted by atomic mass is 9.78. The lowest BCUT2D eigenvalue weighted by Gasteiger charge is -2.43. The topological polar surface area (TPSA) is 35.2 Å². The minimum Gasteiger partial charge on any atom is -0.497 e. The van der Waals surface area contributed by atoms with Gasteiger partial charge in [0.05, 0.1) is 13.8 Å². The maximum atomic E-state index is 5.79. The lowest BCUT2D eigenvalue weighted by molar-refractivity contribution is 0.0323. The van der Waals surface area contributed by atoms with Crippen molar-refractivity contribution in [2.75, 3.05) is 13.7 Å². The highest BCUT2D eigenvalue weighted by atomic mass is 32.1. The number of nitrogens with zero attached hydrogens (tertiary/aromatic N) is 4. The van der Waals surface area contributed by atoms with Crippen molar-refractivity contribution in [2.24, 2.45) is 5.92 Å². The van der Waals surface area contributed by atoms with Crippen molar-refractivity contribution < 1.29 is 4.74 Å². The largest absolute Gasteiger partial charge is 0.497 e. The molecule has 1 aromatic heterocycles. The van der Waals surface area contributed by atoms with Gasteiger partial charge in [0, 0.05) is 24.7 Å². The molecular weight excluding hydrogens is 356 g/mol. The molecular formula is C21H30N4OS. The van der Waals surface area contributed by atoms with Crippen LogP contribution in [0.1, 0.15) is 45.4 Å². The molecule has 1 aliphatic carbocycles. The summed E-state index contributed by atoms with van der Waals surface area (Å²) in [6.07, 6.45) is 8.19. The summed E-state index contributed by atoms with van der Waals surface area (Å²) >= 11 is 5.79. The van der Waals surface area contributed by atoms with E-state index in [0.29, 0.717) is 6.04 Å². The third-order valence-electron chi connectivity index (χ3n) is 6.26. The van der Waals surface area contributed by atoms with Crippen molar-refractivity contribution in [1.29, 1.82) is 0 Å². The predicted octanol–water partition coefficient (Wildman–Crippen LogP) is 4.72. The maximum Gasteiger partial charge on any atom is 0.199 e. The second-order valence-electron chi connectivity index (χ2n) is 7.79. The van der Waals surface area contributed by atoms with Gasteiger partial charge in [-0.15, -0.1) is 0 Å². The zero-order valence-corrected chi connectivity index (χ0v) is 17.2. The fraction of sp³-hybridized carbons (Fsp3) is 0.619. The normalized spacial score (nSPS) is 23.2. The van der Waals surface area contributed by atoms with Crippen LogP contribution in [0.4, 0.5) is 0 Å². The van der Waals surface area contributed by atoms with Gasteiger partial charge in [0.1, 0.15) is 5.75 Å². The van der Waals surface area contributed by atoms with Gasteiger partial charge in [0.25, 0.3) is 0 Å². The molecule has 1 aromatic carbocycles. The fourth-order valence-corrected chi connectivity index (χ4v) is 5.16. The van der Waals surface area contributed by atoms with E-state index >= 15 is 0 Å². The summed E-state index contributed by atoms with van der Waals surface area (Å²) in [6, 6.07) is 8.80. The summed E-state index contributed by atoms with van der Waals surface area (Å²) in [5, 5.41) is 4.93. The molecule has 2 atom stereocenters. The van der Waals surface area contributed by atoms with Crippen LogP contribution in [0.15, 0.2) is 24.3 Å². The van der Waals surface area contributed by atoms with Crippen molar-refractivity contribution in [2.45, 2.75) is 64.7 Å². The Morgan fingerprint density at radius 2 is 1.85 bits per heavy atom. The van der Waals surface area contributed by atoms with Gasteiger partial charge in [-0.2, -0.15) is 5.10 Å². The van der Waals surface area contributed by atoms with E-state index in [1.165, 1.54) is 45.1 Å². The Balaban J connectivity index is 1.61. The maximum absolute atomic E-state index is 5.79. The first-order chi connectivity index (χ1) is 13.2. The van der Waals surface area contributed by atoms with E-state index in [9.17, 15) is 0 Å². The second kappa shape index (κ2) is 8.15. The number of fused-ring (bicyclic) bond motifs is 1. The van der Waals surface area contributed by atoms with Crippen LogP contribution in [-0.4, -0.2) is 38.9 Å². The van der Waals surface area contributed by atoms with Crippen molar-refractivity contribution in [3.8, 4) is 17.1 Å². The van der Waals surface area contributed by atoms with Crippen LogP contribution in [0.25, 0.3) is 11.4 Å². The molecule has 1 saturated heterocycles. The minimum absolute atomic E-state index is 0.714. The van der Waals surface area contributed by atoms with E-state index in [1.54, 1.807) is 7.11 Å². The summed E-state index contributed by atoms with van der Waals surface area (Å²) in [5.74, 6) is 2.68. The van der Waals surface area contributed by atoms with Crippen molar-refractivity contribution >= 4 is 12.2 Å². The van der Waals surface area contributed by atoms with Crippen LogP contribution in [0.3, 0.4) is 0 Å². The summed E-state index contributed by atoms with van der Waals surface area (Å²) in [4.78, 5) is 2.63. The molecule has 0 radical (unpaired) electrons. The van der Waals surface area contributed by atoms with E-state index in [0.717, 1.165) is 41.0 Å². The third kappa shape index (κ3) is 3.69. The number of benzene rings is 1. The van der Waals surface area contributed by atoms with E-state index in [4.69, 9.17) is 22.1 Å². The Labute approximate surface area is 166 Å². The van der Waals surface area contributed by atoms with E-state index in [1.807, 2.05) is 16.8 Å². The first-order valence-electron chi connectivity index (χ1n) is 10.3. The number of ether oxygens (including phenoxy) is 1. The van der Waals surface area contributed by atoms with Crippen LogP contribution >= 0.6 is 12.2 Å². The summed E-state index contributed by atoms with van der Waals surface area (Å²) < 4.78 is 10.3. The molecule has 2 aliphatic rings. The van der Waals surface area contributed by atoms with E-state index in [-0.39, 0.29) is 0 Å². The molecule has 6 heteroatoms. The van der Waals surface area contributed by atoms with Gasteiger partial charge in [-0.05, 0) is 75.0 Å². The quantitative estimate of drug-likeness (QED) is 0.697. The van der Waals surface area contributed by atoms with Gasteiger partial charge >= 0.3 is 0 Å². The number of rotatable bonds is 5. The molecule has 27 heavy (non-hydrogen) atoms. The highest BCUT2D eigenvalue weighted by Crippen LogP contribution is 2.35. The second-order valence-corrected chi connectivity index (χ2v) is 8.15. The molecule has 0 N–H and O–H groups in total. The number of methoxy groups -OCH3 is 1. The zero-order chi connectivity index (χ0) is 18.8. The van der Waals surface area contributed by atoms with Crippen LogP contribution in [0.2, 0.25) is 0 Å². The standard InChI is InChI=1S/C21H30N4OS/c1-3-24-20(17-10-12-18(26-2)13-11-17)22-25(21(24)27)15-23-14-6-8-16-7-4-5-9-19(16)23/h10-13,16,19H,3-9,14-15H2,1-2H3/t16-,19+/m1/s1. The Kier molecular flexibility index (Phi) is 5.64. The van der Waals surface area contributed by atoms with E-state index in [2.05, 4.69) is 28.5 Å². The van der Waals surface area contributed by atoms with Gasteiger partial charge in [-0.3, -0.25) is 4.90 Å². The van der Waals surface area contributed by atoms with Crippen LogP contribution in [-0.2, 0) is 13.2 Å². The average molecular weight is 387 g/mol. The van der Waals surface area contributed by atoms with Gasteiger partial charge < -0.3 is 9.30 Å². The number of piperidine rings is 1. The molecule has 0 spiro atoms. The average Bonchev–Trinajstić information content (AvgIpc) is 3.03. The van der Waals surface area contributed by atoms with Crippen molar-refractivity contribution in [3.63, 3.8) is 0 Å². The van der Waals surface area contributed by atoms with Gasteiger partial charge in [-0.25, -0.2) is 4.68 Å². The first kappa shape index (κ1) is 18.7. The number of aromatic nitrogens is 3. The number of hydrogen-bond donors (Lipinski definition) is 0. The van der Waals surface area contributed by atoms with Crippen LogP contribution in [0, 0.1) is 10.7 Å². The summed E-state index contributed by atoms with van der Waals surface area (Å²) in [6.45, 7) is 4.94. The Morgan fingerprint density at radius 1 is 1.11 bits per heavy atom. The Hall–Kier alpha value is -1.66. The smallest absolute Gasteiger partial charge is 0.199 e. The zero-order valence-electron chi connectivity index (χ0n) is 16.4. The minimum atomic E-state index is 0.714. The predicted molar refractivity (Wildman–Crippen MR) is 110 cm³/mol. The molecule has 5 nitrogen and oxygen atoms in total. The van der Waals surface area contributed by atoms with Crippen molar-refractivity contribution in [3.05, 3.63) is 29.0 Å². The third-order valence-corrected chi connectivity index (χ3v) is 6.69. The molecule has 2 heterocycles. The van der Waals surface area contributed by atoms with Gasteiger partial charge in [0.15, 0.2) is 10.6 Å². The van der Waals surface area contributed by atoms with Gasteiger partial charge in [-0.1, -0.05) is 12.8 Å². The van der Waals surface area contributed by atoms with Gasteiger partial charge in [0.2, 0.25) is 0 Å². The Bertz CT molecular complexity index is 824. The highest BCUT2D eigenvalue weighted by Gasteiger charge is 2.33. The Morgan fingerprint density at radius 3 is 2.59 bits per heavy atom. The van der Waals surface area contributed by atoms with Crippen molar-refractivity contribution in [1.82, 2.24) is 19.2 Å². The summed E-state index contributed by atoms with van der Waals surface area (Å²) in [7, 11) is 1.69. The molecule has 0 amide bonds. The van der Waals surface area contributed by atoms with E-state index < -0.39 is 0 Å². The first-order valence-corrected chi connectivity index (χ1v) is 10.7. The van der Waals surface area contributed by atoms with Crippen LogP contribution < -0.4 is 4.74 Å². The molecule has 0 bridgehead atoms. The number of likely N-dealkylation sites (tertiary alicyclic amines) is 1. The highest BCUT2D eigenvalue weighted by molar-refractivity contribution is 7.71. The lowest BCUT2D eigenvalue weighted by Crippen LogP contribution is -2.47. The molecule has 0 unspecified atom stereocenters. The van der Waals surface area contributed by atoms with Crippen LogP contribution in [0.5, 0.6) is 5.75 Å². The summed E-state index contributed by atoms with van der Waals surface area (Å²) in [5.41, 5.74) is 1.08. The molecule has 2 aromatic rings. The number of hydrogen-bond acceptors (Lipinski definition) is 4.